The van der Waals surface area contributed by atoms with Crippen LogP contribution >= 0.6 is 23.1 Å². The van der Waals surface area contributed by atoms with Crippen molar-refractivity contribution in [1.29, 1.82) is 0 Å². The first-order chi connectivity index (χ1) is 10.3. The maximum absolute atomic E-state index is 11.8. The summed E-state index contributed by atoms with van der Waals surface area (Å²) in [5, 5.41) is 11.5. The lowest BCUT2D eigenvalue weighted by Crippen LogP contribution is -2.41. The zero-order chi connectivity index (χ0) is 16.2. The van der Waals surface area contributed by atoms with E-state index in [1.807, 2.05) is 20.8 Å². The summed E-state index contributed by atoms with van der Waals surface area (Å²) < 4.78 is 1.75. The summed E-state index contributed by atoms with van der Waals surface area (Å²) in [6, 6.07) is 4.20. The molecule has 6 nitrogen and oxygen atoms in total. The van der Waals surface area contributed by atoms with Crippen molar-refractivity contribution in [2.45, 2.75) is 44.9 Å². The third-order valence-corrected chi connectivity index (χ3v) is 4.53. The molecule has 0 bridgehead atoms. The highest BCUT2D eigenvalue weighted by atomic mass is 32.2. The standard InChI is InChI=1S/C14H21N5OS2/c1-10-5-6-11(22-10)7-16-19-9-15-18-13(19)21-8-12(20)17-14(2,3)4/h5-6,9,16H,7-8H2,1-4H3,(H,17,20). The van der Waals surface area contributed by atoms with Crippen LogP contribution in [0.25, 0.3) is 0 Å². The molecule has 0 aliphatic rings. The van der Waals surface area contributed by atoms with Crippen LogP contribution < -0.4 is 10.7 Å². The lowest BCUT2D eigenvalue weighted by Gasteiger charge is -2.20. The lowest BCUT2D eigenvalue weighted by atomic mass is 10.1. The molecule has 2 aromatic heterocycles. The zero-order valence-electron chi connectivity index (χ0n) is 13.2. The third kappa shape index (κ3) is 5.34. The second-order valence-electron chi connectivity index (χ2n) is 5.92. The van der Waals surface area contributed by atoms with Crippen molar-refractivity contribution in [2.24, 2.45) is 0 Å². The number of carbonyl (C=O) groups is 1. The molecule has 1 amide bonds. The summed E-state index contributed by atoms with van der Waals surface area (Å²) >= 11 is 3.11. The molecule has 0 unspecified atom stereocenters. The van der Waals surface area contributed by atoms with E-state index in [2.05, 4.69) is 40.0 Å². The Bertz CT molecular complexity index is 629. The molecule has 0 aliphatic carbocycles. The van der Waals surface area contributed by atoms with E-state index < -0.39 is 0 Å². The quantitative estimate of drug-likeness (QED) is 0.791. The minimum atomic E-state index is -0.222. The molecular formula is C14H21N5OS2. The fraction of sp³-hybridized carbons (Fsp3) is 0.500. The molecule has 0 atom stereocenters. The van der Waals surface area contributed by atoms with Crippen molar-refractivity contribution in [3.63, 3.8) is 0 Å². The number of nitrogens with zero attached hydrogens (tertiary/aromatic N) is 3. The van der Waals surface area contributed by atoms with Crippen molar-refractivity contribution < 1.29 is 4.79 Å². The van der Waals surface area contributed by atoms with Crippen LogP contribution in [0.3, 0.4) is 0 Å². The first kappa shape index (κ1) is 16.8. The predicted molar refractivity (Wildman–Crippen MR) is 90.8 cm³/mol. The molecule has 0 aromatic carbocycles. The summed E-state index contributed by atoms with van der Waals surface area (Å²) in [6.45, 7) is 8.67. The molecule has 2 aromatic rings. The Labute approximate surface area is 138 Å². The average Bonchev–Trinajstić information content (AvgIpc) is 3.00. The van der Waals surface area contributed by atoms with Crippen LogP contribution in [-0.2, 0) is 11.3 Å². The minimum absolute atomic E-state index is 0.0130. The first-order valence-corrected chi connectivity index (χ1v) is 8.77. The van der Waals surface area contributed by atoms with E-state index in [0.29, 0.717) is 17.5 Å². The van der Waals surface area contributed by atoms with E-state index in [0.717, 1.165) is 0 Å². The normalized spacial score (nSPS) is 11.5. The molecule has 0 saturated carbocycles. The number of hydrogen-bond acceptors (Lipinski definition) is 6. The molecule has 0 spiro atoms. The van der Waals surface area contributed by atoms with Crippen LogP contribution in [0.15, 0.2) is 23.6 Å². The van der Waals surface area contributed by atoms with Gasteiger partial charge >= 0.3 is 0 Å². The molecule has 2 N–H and O–H groups in total. The van der Waals surface area contributed by atoms with Crippen LogP contribution in [0.1, 0.15) is 30.5 Å². The SMILES string of the molecule is Cc1ccc(CNn2cnnc2SCC(=O)NC(C)(C)C)s1. The summed E-state index contributed by atoms with van der Waals surface area (Å²) in [7, 11) is 0. The van der Waals surface area contributed by atoms with Gasteiger partial charge in [-0.1, -0.05) is 11.8 Å². The van der Waals surface area contributed by atoms with Crippen LogP contribution in [0.5, 0.6) is 0 Å². The highest BCUT2D eigenvalue weighted by molar-refractivity contribution is 7.99. The van der Waals surface area contributed by atoms with E-state index >= 15 is 0 Å². The fourth-order valence-corrected chi connectivity index (χ4v) is 3.27. The Morgan fingerprint density at radius 2 is 2.18 bits per heavy atom. The number of carbonyl (C=O) groups excluding carboxylic acids is 1. The monoisotopic (exact) mass is 339 g/mol. The van der Waals surface area contributed by atoms with Crippen LogP contribution in [0, 0.1) is 6.92 Å². The Morgan fingerprint density at radius 1 is 1.41 bits per heavy atom. The van der Waals surface area contributed by atoms with Crippen molar-refractivity contribution in [3.05, 3.63) is 28.2 Å². The first-order valence-electron chi connectivity index (χ1n) is 6.96. The van der Waals surface area contributed by atoms with Crippen LogP contribution in [-0.4, -0.2) is 32.1 Å². The molecular weight excluding hydrogens is 318 g/mol. The third-order valence-electron chi connectivity index (χ3n) is 2.58. The summed E-state index contributed by atoms with van der Waals surface area (Å²) in [6.07, 6.45) is 1.62. The van der Waals surface area contributed by atoms with E-state index in [4.69, 9.17) is 0 Å². The molecule has 22 heavy (non-hydrogen) atoms. The number of aryl methyl sites for hydroxylation is 1. The van der Waals surface area contributed by atoms with Gasteiger partial charge in [0.1, 0.15) is 6.33 Å². The smallest absolute Gasteiger partial charge is 0.230 e. The number of nitrogens with one attached hydrogen (secondary N) is 2. The van der Waals surface area contributed by atoms with Gasteiger partial charge in [0.15, 0.2) is 0 Å². The molecule has 0 saturated heterocycles. The van der Waals surface area contributed by atoms with Gasteiger partial charge in [-0.05, 0) is 39.8 Å². The average molecular weight is 339 g/mol. The summed E-state index contributed by atoms with van der Waals surface area (Å²) in [4.78, 5) is 14.4. The highest BCUT2D eigenvalue weighted by Gasteiger charge is 2.15. The van der Waals surface area contributed by atoms with Crippen molar-refractivity contribution in [3.8, 4) is 0 Å². The van der Waals surface area contributed by atoms with Gasteiger partial charge in [-0.3, -0.25) is 4.79 Å². The topological polar surface area (TPSA) is 71.8 Å². The number of aromatic nitrogens is 3. The summed E-state index contributed by atoms with van der Waals surface area (Å²) in [5.41, 5.74) is 3.02. The van der Waals surface area contributed by atoms with Gasteiger partial charge in [-0.15, -0.1) is 21.5 Å². The Balaban J connectivity index is 1.85. The number of rotatable bonds is 6. The number of hydrogen-bond donors (Lipinski definition) is 2. The van der Waals surface area contributed by atoms with Crippen molar-refractivity contribution in [1.82, 2.24) is 20.2 Å². The Morgan fingerprint density at radius 3 is 2.82 bits per heavy atom. The molecule has 2 heterocycles. The van der Waals surface area contributed by atoms with E-state index in [-0.39, 0.29) is 11.4 Å². The molecule has 8 heteroatoms. The highest BCUT2D eigenvalue weighted by Crippen LogP contribution is 2.17. The van der Waals surface area contributed by atoms with Crippen LogP contribution in [0.4, 0.5) is 0 Å². The zero-order valence-corrected chi connectivity index (χ0v) is 14.8. The minimum Gasteiger partial charge on any atom is -0.351 e. The molecule has 120 valence electrons. The van der Waals surface area contributed by atoms with Crippen molar-refractivity contribution >= 4 is 29.0 Å². The van der Waals surface area contributed by atoms with Gasteiger partial charge in [0, 0.05) is 15.3 Å². The molecule has 0 fully saturated rings. The van der Waals surface area contributed by atoms with E-state index in [1.54, 1.807) is 22.3 Å². The summed E-state index contributed by atoms with van der Waals surface area (Å²) in [5.74, 6) is 0.302. The van der Waals surface area contributed by atoms with Gasteiger partial charge in [0.05, 0.1) is 12.3 Å². The van der Waals surface area contributed by atoms with Gasteiger partial charge in [0.25, 0.3) is 0 Å². The maximum Gasteiger partial charge on any atom is 0.230 e. The molecule has 0 aliphatic heterocycles. The van der Waals surface area contributed by atoms with Gasteiger partial charge in [-0.2, -0.15) is 0 Å². The number of amides is 1. The van der Waals surface area contributed by atoms with E-state index in [9.17, 15) is 4.79 Å². The maximum atomic E-state index is 11.8. The van der Waals surface area contributed by atoms with Gasteiger partial charge in [0.2, 0.25) is 11.1 Å². The Hall–Kier alpha value is -1.54. The number of thioether (sulfide) groups is 1. The molecule has 0 radical (unpaired) electrons. The second-order valence-corrected chi connectivity index (χ2v) is 8.23. The van der Waals surface area contributed by atoms with Gasteiger partial charge in [-0.25, -0.2) is 4.68 Å². The molecule has 2 rings (SSSR count). The predicted octanol–water partition coefficient (Wildman–Crippen LogP) is 2.40. The Kier molecular flexibility index (Phi) is 5.47. The largest absolute Gasteiger partial charge is 0.351 e. The lowest BCUT2D eigenvalue weighted by molar-refractivity contribution is -0.119. The van der Waals surface area contributed by atoms with E-state index in [1.165, 1.54) is 21.5 Å². The van der Waals surface area contributed by atoms with Gasteiger partial charge < -0.3 is 10.7 Å². The van der Waals surface area contributed by atoms with Crippen molar-refractivity contribution in [2.75, 3.05) is 11.2 Å². The van der Waals surface area contributed by atoms with Crippen LogP contribution in [0.2, 0.25) is 0 Å². The second kappa shape index (κ2) is 7.15. The number of thiophene rings is 1. The fourth-order valence-electron chi connectivity index (χ4n) is 1.76.